The average molecular weight is 190 g/mol. The Morgan fingerprint density at radius 2 is 2.36 bits per heavy atom. The minimum Gasteiger partial charge on any atom is -0.464 e. The molecule has 0 unspecified atom stereocenters. The fourth-order valence-electron chi connectivity index (χ4n) is 1.47. The highest BCUT2D eigenvalue weighted by molar-refractivity contribution is 5.95. The maximum Gasteiger partial charge on any atom is 0.358 e. The van der Waals surface area contributed by atoms with Gasteiger partial charge in [-0.25, -0.2) is 9.78 Å². The molecule has 2 rings (SSSR count). The van der Waals surface area contributed by atoms with Crippen molar-refractivity contribution in [1.29, 1.82) is 0 Å². The van der Waals surface area contributed by atoms with E-state index in [-0.39, 0.29) is 0 Å². The van der Waals surface area contributed by atoms with Crippen LogP contribution in [0.25, 0.3) is 5.52 Å². The number of pyridine rings is 1. The second-order valence-corrected chi connectivity index (χ2v) is 3.03. The smallest absolute Gasteiger partial charge is 0.358 e. The monoisotopic (exact) mass is 190 g/mol. The highest BCUT2D eigenvalue weighted by Crippen LogP contribution is 2.14. The van der Waals surface area contributed by atoms with Gasteiger partial charge < -0.3 is 9.14 Å². The topological polar surface area (TPSA) is 43.6 Å². The number of carbonyl (C=O) groups is 1. The molecule has 2 aromatic rings. The molecule has 0 saturated carbocycles. The van der Waals surface area contributed by atoms with Gasteiger partial charge in [-0.05, 0) is 18.6 Å². The van der Waals surface area contributed by atoms with E-state index in [0.717, 1.165) is 11.1 Å². The van der Waals surface area contributed by atoms with Crippen LogP contribution in [0, 0.1) is 6.92 Å². The molecule has 0 fully saturated rings. The third kappa shape index (κ3) is 1.16. The number of methoxy groups -OCH3 is 1. The summed E-state index contributed by atoms with van der Waals surface area (Å²) in [5.41, 5.74) is 2.18. The number of carbonyl (C=O) groups excluding carboxylic acids is 1. The number of esters is 1. The van der Waals surface area contributed by atoms with Crippen LogP contribution in [0.1, 0.15) is 16.1 Å². The summed E-state index contributed by atoms with van der Waals surface area (Å²) in [5, 5.41) is 0. The van der Waals surface area contributed by atoms with Crippen molar-refractivity contribution in [3.63, 3.8) is 0 Å². The molecule has 0 aromatic carbocycles. The molecule has 0 saturated heterocycles. The van der Waals surface area contributed by atoms with Crippen LogP contribution in [0.15, 0.2) is 24.7 Å². The van der Waals surface area contributed by atoms with E-state index in [0.29, 0.717) is 5.69 Å². The number of imidazole rings is 1. The molecule has 72 valence electrons. The second kappa shape index (κ2) is 3.14. The molecule has 0 aliphatic heterocycles. The van der Waals surface area contributed by atoms with Crippen LogP contribution in [0.2, 0.25) is 0 Å². The lowest BCUT2D eigenvalue weighted by atomic mass is 10.2. The molecule has 0 bridgehead atoms. The largest absolute Gasteiger partial charge is 0.464 e. The summed E-state index contributed by atoms with van der Waals surface area (Å²) < 4.78 is 6.45. The van der Waals surface area contributed by atoms with Crippen LogP contribution >= 0.6 is 0 Å². The van der Waals surface area contributed by atoms with Crippen molar-refractivity contribution in [3.8, 4) is 0 Å². The summed E-state index contributed by atoms with van der Waals surface area (Å²) in [6.45, 7) is 1.93. The van der Waals surface area contributed by atoms with Crippen LogP contribution in [-0.2, 0) is 4.74 Å². The normalized spacial score (nSPS) is 10.4. The van der Waals surface area contributed by atoms with Crippen LogP contribution in [-0.4, -0.2) is 22.5 Å². The third-order valence-electron chi connectivity index (χ3n) is 2.14. The van der Waals surface area contributed by atoms with Gasteiger partial charge in [-0.15, -0.1) is 0 Å². The van der Waals surface area contributed by atoms with Gasteiger partial charge in [-0.2, -0.15) is 0 Å². The van der Waals surface area contributed by atoms with Crippen LogP contribution in [0.5, 0.6) is 0 Å². The molecule has 4 heteroatoms. The fraction of sp³-hybridized carbons (Fsp3) is 0.200. The lowest BCUT2D eigenvalue weighted by molar-refractivity contribution is 0.0597. The molecule has 0 aliphatic rings. The maximum absolute atomic E-state index is 11.3. The molecule has 2 aromatic heterocycles. The Labute approximate surface area is 81.1 Å². The van der Waals surface area contributed by atoms with E-state index in [1.807, 2.05) is 29.7 Å². The van der Waals surface area contributed by atoms with Gasteiger partial charge in [0.05, 0.1) is 12.6 Å². The van der Waals surface area contributed by atoms with E-state index in [2.05, 4.69) is 9.72 Å². The van der Waals surface area contributed by atoms with Crippen LogP contribution in [0.3, 0.4) is 0 Å². The molecule has 0 amide bonds. The van der Waals surface area contributed by atoms with E-state index >= 15 is 0 Å². The van der Waals surface area contributed by atoms with Gasteiger partial charge in [0, 0.05) is 6.20 Å². The molecule has 0 N–H and O–H groups in total. The van der Waals surface area contributed by atoms with Crippen LogP contribution in [0.4, 0.5) is 0 Å². The number of hydrogen-bond acceptors (Lipinski definition) is 3. The van der Waals surface area contributed by atoms with Gasteiger partial charge in [0.15, 0.2) is 5.69 Å². The Hall–Kier alpha value is -1.84. The molecule has 14 heavy (non-hydrogen) atoms. The maximum atomic E-state index is 11.3. The zero-order valence-electron chi connectivity index (χ0n) is 8.02. The first kappa shape index (κ1) is 8.74. The molecule has 4 nitrogen and oxygen atoms in total. The van der Waals surface area contributed by atoms with E-state index in [9.17, 15) is 4.79 Å². The molecule has 0 aliphatic carbocycles. The molecular formula is C10H10N2O2. The van der Waals surface area contributed by atoms with Crippen LogP contribution < -0.4 is 0 Å². The lowest BCUT2D eigenvalue weighted by Gasteiger charge is -1.99. The summed E-state index contributed by atoms with van der Waals surface area (Å²) in [6.07, 6.45) is 3.45. The highest BCUT2D eigenvalue weighted by Gasteiger charge is 2.14. The SMILES string of the molecule is COC(=O)c1ncn2cccc(C)c12. The summed E-state index contributed by atoms with van der Waals surface area (Å²) in [7, 11) is 1.35. The van der Waals surface area contributed by atoms with E-state index in [1.54, 1.807) is 6.33 Å². The summed E-state index contributed by atoms with van der Waals surface area (Å²) >= 11 is 0. The van der Waals surface area contributed by atoms with Gasteiger partial charge in [-0.1, -0.05) is 6.07 Å². The predicted octanol–water partition coefficient (Wildman–Crippen LogP) is 1.43. The van der Waals surface area contributed by atoms with Crippen molar-refractivity contribution in [2.75, 3.05) is 7.11 Å². The highest BCUT2D eigenvalue weighted by atomic mass is 16.5. The van der Waals surface area contributed by atoms with Gasteiger partial charge in [0.25, 0.3) is 0 Å². The first-order valence-corrected chi connectivity index (χ1v) is 4.24. The second-order valence-electron chi connectivity index (χ2n) is 3.03. The Morgan fingerprint density at radius 3 is 3.07 bits per heavy atom. The standard InChI is InChI=1S/C10H10N2O2/c1-7-4-3-5-12-6-11-8(9(7)12)10(13)14-2/h3-6H,1-2H3. The Morgan fingerprint density at radius 1 is 1.57 bits per heavy atom. The zero-order chi connectivity index (χ0) is 10.1. The average Bonchev–Trinajstić information content (AvgIpc) is 2.62. The number of aryl methyl sites for hydroxylation is 1. The number of fused-ring (bicyclic) bond motifs is 1. The zero-order valence-corrected chi connectivity index (χ0v) is 8.02. The van der Waals surface area contributed by atoms with Gasteiger partial charge in [0.2, 0.25) is 0 Å². The number of nitrogens with zero attached hydrogens (tertiary/aromatic N) is 2. The fourth-order valence-corrected chi connectivity index (χ4v) is 1.47. The minimum atomic E-state index is -0.401. The van der Waals surface area contributed by atoms with Crippen molar-refractivity contribution in [1.82, 2.24) is 9.38 Å². The molecular weight excluding hydrogens is 180 g/mol. The molecule has 0 atom stereocenters. The van der Waals surface area contributed by atoms with E-state index in [1.165, 1.54) is 7.11 Å². The first-order valence-electron chi connectivity index (χ1n) is 4.24. The summed E-state index contributed by atoms with van der Waals surface area (Å²) in [5.74, 6) is -0.401. The van der Waals surface area contributed by atoms with Gasteiger partial charge >= 0.3 is 5.97 Å². The van der Waals surface area contributed by atoms with Crippen molar-refractivity contribution in [2.45, 2.75) is 6.92 Å². The van der Waals surface area contributed by atoms with Crippen molar-refractivity contribution in [3.05, 3.63) is 35.9 Å². The van der Waals surface area contributed by atoms with E-state index in [4.69, 9.17) is 0 Å². The van der Waals surface area contributed by atoms with Crippen molar-refractivity contribution in [2.24, 2.45) is 0 Å². The van der Waals surface area contributed by atoms with Gasteiger partial charge in [-0.3, -0.25) is 0 Å². The number of ether oxygens (including phenoxy) is 1. The van der Waals surface area contributed by atoms with Gasteiger partial charge in [0.1, 0.15) is 6.33 Å². The minimum absolute atomic E-state index is 0.366. The molecule has 0 spiro atoms. The predicted molar refractivity (Wildman–Crippen MR) is 51.3 cm³/mol. The molecule has 0 radical (unpaired) electrons. The van der Waals surface area contributed by atoms with E-state index < -0.39 is 5.97 Å². The first-order chi connectivity index (χ1) is 6.74. The number of aromatic nitrogens is 2. The quantitative estimate of drug-likeness (QED) is 0.639. The Balaban J connectivity index is 2.73. The Kier molecular flexibility index (Phi) is 1.96. The third-order valence-corrected chi connectivity index (χ3v) is 2.14. The molecule has 2 heterocycles. The number of hydrogen-bond donors (Lipinski definition) is 0. The Bertz CT molecular complexity index is 488. The lowest BCUT2D eigenvalue weighted by Crippen LogP contribution is -2.02. The summed E-state index contributed by atoms with van der Waals surface area (Å²) in [6, 6.07) is 3.84. The van der Waals surface area contributed by atoms with Crippen molar-refractivity contribution >= 4 is 11.5 Å². The van der Waals surface area contributed by atoms with Crippen molar-refractivity contribution < 1.29 is 9.53 Å². The number of rotatable bonds is 1. The summed E-state index contributed by atoms with van der Waals surface area (Å²) in [4.78, 5) is 15.4.